The fraction of sp³-hybridized carbons (Fsp3) is 0.0732. The molecule has 0 amide bonds. The summed E-state index contributed by atoms with van der Waals surface area (Å²) in [5.41, 5.74) is 12.8. The molecule has 0 N–H and O–H groups in total. The molecule has 4 nitrogen and oxygen atoms in total. The highest BCUT2D eigenvalue weighted by atomic mass is 15.0. The zero-order valence-corrected chi connectivity index (χ0v) is 25.1. The third-order valence-corrected chi connectivity index (χ3v) is 8.85. The van der Waals surface area contributed by atoms with Crippen molar-refractivity contribution in [2.24, 2.45) is 0 Å². The molecule has 45 heavy (non-hydrogen) atoms. The van der Waals surface area contributed by atoms with Gasteiger partial charge in [0.15, 0.2) is 17.5 Å². The minimum Gasteiger partial charge on any atom is -0.264 e. The lowest BCUT2D eigenvalue weighted by molar-refractivity contribution is 0.661. The first-order valence-corrected chi connectivity index (χ1v) is 15.2. The van der Waals surface area contributed by atoms with Gasteiger partial charge in [-0.2, -0.15) is 0 Å². The predicted molar refractivity (Wildman–Crippen MR) is 182 cm³/mol. The highest BCUT2D eigenvalue weighted by molar-refractivity contribution is 5.86. The molecule has 5 aromatic carbocycles. The molecule has 4 heteroatoms. The molecule has 214 valence electrons. The van der Waals surface area contributed by atoms with E-state index in [1.54, 1.807) is 0 Å². The largest absolute Gasteiger partial charge is 0.264 e. The van der Waals surface area contributed by atoms with Gasteiger partial charge in [-0.3, -0.25) is 4.98 Å². The van der Waals surface area contributed by atoms with E-state index in [2.05, 4.69) is 85.6 Å². The molecule has 0 radical (unpaired) electrons. The van der Waals surface area contributed by atoms with Crippen molar-refractivity contribution < 1.29 is 0 Å². The normalized spacial score (nSPS) is 12.8. The highest BCUT2D eigenvalue weighted by Gasteiger charge is 2.35. The standard InChI is InChI=1S/C41H30N4/c1-41(2)36-24-31(19-21-34(36)35-22-20-32(25-37(35)41)33-14-9-23-42-26-33)27-15-17-30(18-16-27)40-44-38(28-10-5-3-6-11-28)43-39(45-40)29-12-7-4-8-13-29/h3-26H,1-2H3. The molecule has 0 fully saturated rings. The van der Waals surface area contributed by atoms with E-state index in [9.17, 15) is 0 Å². The Labute approximate surface area is 263 Å². The number of rotatable bonds is 5. The van der Waals surface area contributed by atoms with Crippen molar-refractivity contribution >= 4 is 0 Å². The first-order chi connectivity index (χ1) is 22.0. The number of hydrogen-bond donors (Lipinski definition) is 0. The van der Waals surface area contributed by atoms with Crippen molar-refractivity contribution in [3.8, 4) is 67.5 Å². The van der Waals surface area contributed by atoms with Crippen LogP contribution in [0.5, 0.6) is 0 Å². The summed E-state index contributed by atoms with van der Waals surface area (Å²) in [5, 5.41) is 0. The van der Waals surface area contributed by atoms with E-state index in [0.29, 0.717) is 17.5 Å². The third-order valence-electron chi connectivity index (χ3n) is 8.85. The first-order valence-electron chi connectivity index (χ1n) is 15.2. The molecule has 0 saturated carbocycles. The maximum Gasteiger partial charge on any atom is 0.164 e. The van der Waals surface area contributed by atoms with Crippen LogP contribution >= 0.6 is 0 Å². The second-order valence-electron chi connectivity index (χ2n) is 12.0. The first kappa shape index (κ1) is 26.9. The van der Waals surface area contributed by atoms with Gasteiger partial charge < -0.3 is 0 Å². The van der Waals surface area contributed by atoms with Gasteiger partial charge in [-0.15, -0.1) is 0 Å². The molecule has 0 atom stereocenters. The quantitative estimate of drug-likeness (QED) is 0.204. The van der Waals surface area contributed by atoms with Gasteiger partial charge in [0.1, 0.15) is 0 Å². The fourth-order valence-electron chi connectivity index (χ4n) is 6.38. The highest BCUT2D eigenvalue weighted by Crippen LogP contribution is 2.50. The SMILES string of the molecule is CC1(C)c2cc(-c3ccc(-c4nc(-c5ccccc5)nc(-c5ccccc5)n4)cc3)ccc2-c2ccc(-c3cccnc3)cc21. The van der Waals surface area contributed by atoms with Gasteiger partial charge in [-0.1, -0.05) is 129 Å². The number of nitrogens with zero attached hydrogens (tertiary/aromatic N) is 4. The molecule has 8 rings (SSSR count). The molecule has 2 aromatic heterocycles. The summed E-state index contributed by atoms with van der Waals surface area (Å²) >= 11 is 0. The van der Waals surface area contributed by atoms with Crippen molar-refractivity contribution in [2.75, 3.05) is 0 Å². The molecule has 7 aromatic rings. The van der Waals surface area contributed by atoms with Gasteiger partial charge in [0.2, 0.25) is 0 Å². The minimum absolute atomic E-state index is 0.120. The van der Waals surface area contributed by atoms with Gasteiger partial charge in [0, 0.05) is 34.5 Å². The Morgan fingerprint density at radius 3 is 1.31 bits per heavy atom. The minimum atomic E-state index is -0.120. The lowest BCUT2D eigenvalue weighted by Gasteiger charge is -2.22. The molecule has 1 aliphatic rings. The monoisotopic (exact) mass is 578 g/mol. The number of fused-ring (bicyclic) bond motifs is 3. The lowest BCUT2D eigenvalue weighted by Crippen LogP contribution is -2.15. The van der Waals surface area contributed by atoms with Crippen LogP contribution in [0.4, 0.5) is 0 Å². The Morgan fingerprint density at radius 2 is 0.822 bits per heavy atom. The Hall–Kier alpha value is -5.74. The molecule has 0 unspecified atom stereocenters. The van der Waals surface area contributed by atoms with E-state index in [0.717, 1.165) is 27.8 Å². The van der Waals surface area contributed by atoms with E-state index in [-0.39, 0.29) is 5.41 Å². The number of pyridine rings is 1. The number of hydrogen-bond acceptors (Lipinski definition) is 4. The summed E-state index contributed by atoms with van der Waals surface area (Å²) in [6, 6.07) is 46.5. The molecular formula is C41H30N4. The van der Waals surface area contributed by atoms with E-state index < -0.39 is 0 Å². The third kappa shape index (κ3) is 4.81. The van der Waals surface area contributed by atoms with Crippen LogP contribution in [0.15, 0.2) is 146 Å². The Kier molecular flexibility index (Phi) is 6.42. The molecule has 2 heterocycles. The lowest BCUT2D eigenvalue weighted by atomic mass is 9.81. The van der Waals surface area contributed by atoms with Gasteiger partial charge in [0.25, 0.3) is 0 Å². The summed E-state index contributed by atoms with van der Waals surface area (Å²) in [6.07, 6.45) is 3.75. The number of benzene rings is 5. The van der Waals surface area contributed by atoms with Crippen LogP contribution < -0.4 is 0 Å². The van der Waals surface area contributed by atoms with Crippen LogP contribution in [0.2, 0.25) is 0 Å². The zero-order valence-electron chi connectivity index (χ0n) is 25.1. The Balaban J connectivity index is 1.14. The van der Waals surface area contributed by atoms with Crippen molar-refractivity contribution in [1.82, 2.24) is 19.9 Å². The predicted octanol–water partition coefficient (Wildman–Crippen LogP) is 9.91. The van der Waals surface area contributed by atoms with Crippen molar-refractivity contribution in [2.45, 2.75) is 19.3 Å². The van der Waals surface area contributed by atoms with Crippen LogP contribution in [0.1, 0.15) is 25.0 Å². The molecule has 0 spiro atoms. The Morgan fingerprint density at radius 1 is 0.400 bits per heavy atom. The molecule has 0 aliphatic heterocycles. The Bertz CT molecular complexity index is 2100. The van der Waals surface area contributed by atoms with E-state index in [1.165, 1.54) is 33.4 Å². The maximum absolute atomic E-state index is 4.89. The molecular weight excluding hydrogens is 548 g/mol. The summed E-state index contributed by atoms with van der Waals surface area (Å²) in [4.78, 5) is 18.9. The van der Waals surface area contributed by atoms with Crippen molar-refractivity contribution in [3.05, 3.63) is 157 Å². The van der Waals surface area contributed by atoms with Crippen molar-refractivity contribution in [3.63, 3.8) is 0 Å². The van der Waals surface area contributed by atoms with Gasteiger partial charge in [-0.05, 0) is 62.7 Å². The molecule has 1 aliphatic carbocycles. The van der Waals surface area contributed by atoms with Crippen LogP contribution in [-0.2, 0) is 5.41 Å². The summed E-state index contributed by atoms with van der Waals surface area (Å²) in [6.45, 7) is 4.65. The van der Waals surface area contributed by atoms with Crippen molar-refractivity contribution in [1.29, 1.82) is 0 Å². The molecule has 0 saturated heterocycles. The second kappa shape index (κ2) is 10.8. The summed E-state index contributed by atoms with van der Waals surface area (Å²) in [5.74, 6) is 1.98. The van der Waals surface area contributed by atoms with E-state index >= 15 is 0 Å². The second-order valence-corrected chi connectivity index (χ2v) is 12.0. The summed E-state index contributed by atoms with van der Waals surface area (Å²) in [7, 11) is 0. The van der Waals surface area contributed by atoms with Crippen LogP contribution in [-0.4, -0.2) is 19.9 Å². The summed E-state index contributed by atoms with van der Waals surface area (Å²) < 4.78 is 0. The maximum atomic E-state index is 4.89. The average Bonchev–Trinajstić information content (AvgIpc) is 3.34. The fourth-order valence-corrected chi connectivity index (χ4v) is 6.38. The molecule has 0 bridgehead atoms. The van der Waals surface area contributed by atoms with Gasteiger partial charge in [-0.25, -0.2) is 15.0 Å². The van der Waals surface area contributed by atoms with Crippen LogP contribution in [0.25, 0.3) is 67.5 Å². The number of aromatic nitrogens is 4. The van der Waals surface area contributed by atoms with Crippen LogP contribution in [0.3, 0.4) is 0 Å². The topological polar surface area (TPSA) is 51.6 Å². The van der Waals surface area contributed by atoms with Gasteiger partial charge in [0.05, 0.1) is 0 Å². The average molecular weight is 579 g/mol. The smallest absolute Gasteiger partial charge is 0.164 e. The van der Waals surface area contributed by atoms with E-state index in [1.807, 2.05) is 79.1 Å². The van der Waals surface area contributed by atoms with Crippen LogP contribution in [0, 0.1) is 0 Å². The zero-order chi connectivity index (χ0) is 30.4. The van der Waals surface area contributed by atoms with Gasteiger partial charge >= 0.3 is 0 Å². The van der Waals surface area contributed by atoms with E-state index in [4.69, 9.17) is 15.0 Å².